The number of nitrogen functional groups attached to an aromatic ring is 1. The maximum atomic E-state index is 5.90. The standard InChI is InChI=1S/C14H22N6/c1-3-19-7-4-11(5-8-19)18(2)14-13-16-6-9-20(13)10-12(15)17-14/h6,9-11H,3-5,7-8,15H2,1-2H3. The molecule has 1 aliphatic heterocycles. The molecule has 0 aromatic carbocycles. The first-order valence-corrected chi connectivity index (χ1v) is 7.23. The van der Waals surface area contributed by atoms with Crippen LogP contribution in [0.4, 0.5) is 11.6 Å². The lowest BCUT2D eigenvalue weighted by molar-refractivity contribution is 0.220. The number of nitrogens with two attached hydrogens (primary N) is 1. The molecule has 0 atom stereocenters. The van der Waals surface area contributed by atoms with Gasteiger partial charge in [-0.2, -0.15) is 0 Å². The third-order valence-corrected chi connectivity index (χ3v) is 4.26. The second kappa shape index (κ2) is 5.28. The summed E-state index contributed by atoms with van der Waals surface area (Å²) in [6.07, 6.45) is 7.82. The molecule has 1 saturated heterocycles. The Hall–Kier alpha value is -1.82. The molecule has 2 aromatic rings. The highest BCUT2D eigenvalue weighted by atomic mass is 15.3. The van der Waals surface area contributed by atoms with Gasteiger partial charge in [0.2, 0.25) is 0 Å². The minimum atomic E-state index is 0.507. The zero-order valence-corrected chi connectivity index (χ0v) is 12.2. The molecule has 6 nitrogen and oxygen atoms in total. The van der Waals surface area contributed by atoms with Gasteiger partial charge in [0.25, 0.3) is 0 Å². The molecule has 0 spiro atoms. The Bertz CT molecular complexity index is 584. The van der Waals surface area contributed by atoms with Gasteiger partial charge >= 0.3 is 0 Å². The van der Waals surface area contributed by atoms with E-state index in [2.05, 4.69) is 33.7 Å². The fourth-order valence-electron chi connectivity index (χ4n) is 2.97. The number of piperidine rings is 1. The van der Waals surface area contributed by atoms with Crippen LogP contribution in [0, 0.1) is 0 Å². The average molecular weight is 274 g/mol. The van der Waals surface area contributed by atoms with Gasteiger partial charge in [-0.05, 0) is 19.4 Å². The summed E-state index contributed by atoms with van der Waals surface area (Å²) in [5, 5.41) is 0. The van der Waals surface area contributed by atoms with E-state index in [4.69, 9.17) is 5.73 Å². The van der Waals surface area contributed by atoms with Crippen molar-refractivity contribution in [3.63, 3.8) is 0 Å². The van der Waals surface area contributed by atoms with Crippen molar-refractivity contribution >= 4 is 17.3 Å². The van der Waals surface area contributed by atoms with E-state index in [0.29, 0.717) is 11.9 Å². The average Bonchev–Trinajstić information content (AvgIpc) is 2.94. The summed E-state index contributed by atoms with van der Waals surface area (Å²) in [7, 11) is 2.10. The van der Waals surface area contributed by atoms with Crippen LogP contribution in [0.5, 0.6) is 0 Å². The van der Waals surface area contributed by atoms with Crippen LogP contribution in [-0.4, -0.2) is 52.0 Å². The number of nitrogens with zero attached hydrogens (tertiary/aromatic N) is 5. The zero-order valence-electron chi connectivity index (χ0n) is 12.2. The van der Waals surface area contributed by atoms with E-state index in [1.165, 1.54) is 0 Å². The van der Waals surface area contributed by atoms with Crippen LogP contribution in [0.2, 0.25) is 0 Å². The van der Waals surface area contributed by atoms with Gasteiger partial charge in [-0.1, -0.05) is 6.92 Å². The highest BCUT2D eigenvalue weighted by molar-refractivity contribution is 5.66. The number of hydrogen-bond acceptors (Lipinski definition) is 5. The second-order valence-electron chi connectivity index (χ2n) is 5.42. The lowest BCUT2D eigenvalue weighted by atomic mass is 10.0. The van der Waals surface area contributed by atoms with Gasteiger partial charge in [-0.3, -0.25) is 0 Å². The van der Waals surface area contributed by atoms with Gasteiger partial charge in [0.15, 0.2) is 11.5 Å². The third kappa shape index (κ3) is 2.31. The summed E-state index contributed by atoms with van der Waals surface area (Å²) in [4.78, 5) is 13.6. The minimum Gasteiger partial charge on any atom is -0.382 e. The molecule has 0 radical (unpaired) electrons. The molecule has 0 aliphatic carbocycles. The summed E-state index contributed by atoms with van der Waals surface area (Å²) < 4.78 is 1.94. The highest BCUT2D eigenvalue weighted by Gasteiger charge is 2.24. The highest BCUT2D eigenvalue weighted by Crippen LogP contribution is 2.24. The minimum absolute atomic E-state index is 0.507. The van der Waals surface area contributed by atoms with Crippen LogP contribution in [0.1, 0.15) is 19.8 Å². The van der Waals surface area contributed by atoms with Gasteiger partial charge in [0.1, 0.15) is 5.82 Å². The number of hydrogen-bond donors (Lipinski definition) is 1. The van der Waals surface area contributed by atoms with Crippen LogP contribution in [0.15, 0.2) is 18.6 Å². The zero-order chi connectivity index (χ0) is 14.1. The van der Waals surface area contributed by atoms with Gasteiger partial charge in [-0.25, -0.2) is 9.97 Å². The number of fused-ring (bicyclic) bond motifs is 1. The molecular weight excluding hydrogens is 252 g/mol. The van der Waals surface area contributed by atoms with Crippen LogP contribution < -0.4 is 10.6 Å². The Morgan fingerprint density at radius 3 is 2.85 bits per heavy atom. The Labute approximate surface area is 119 Å². The molecular formula is C14H22N6. The first kappa shape index (κ1) is 13.2. The first-order valence-electron chi connectivity index (χ1n) is 7.23. The quantitative estimate of drug-likeness (QED) is 0.912. The summed E-state index contributed by atoms with van der Waals surface area (Å²) >= 11 is 0. The van der Waals surface area contributed by atoms with Crippen molar-refractivity contribution < 1.29 is 0 Å². The molecule has 1 fully saturated rings. The summed E-state index contributed by atoms with van der Waals surface area (Å²) in [5.74, 6) is 1.41. The number of likely N-dealkylation sites (tertiary alicyclic amines) is 1. The third-order valence-electron chi connectivity index (χ3n) is 4.26. The van der Waals surface area contributed by atoms with E-state index in [1.54, 1.807) is 12.4 Å². The molecule has 3 heterocycles. The van der Waals surface area contributed by atoms with Crippen molar-refractivity contribution in [2.24, 2.45) is 0 Å². The lowest BCUT2D eigenvalue weighted by Gasteiger charge is -2.36. The van der Waals surface area contributed by atoms with E-state index >= 15 is 0 Å². The van der Waals surface area contributed by atoms with E-state index in [-0.39, 0.29) is 0 Å². The predicted octanol–water partition coefficient (Wildman–Crippen LogP) is 1.23. The maximum absolute atomic E-state index is 5.90. The van der Waals surface area contributed by atoms with Crippen LogP contribution >= 0.6 is 0 Å². The normalized spacial score (nSPS) is 17.7. The largest absolute Gasteiger partial charge is 0.382 e. The van der Waals surface area contributed by atoms with Crippen molar-refractivity contribution in [1.82, 2.24) is 19.3 Å². The summed E-state index contributed by atoms with van der Waals surface area (Å²) in [6.45, 7) is 5.66. The van der Waals surface area contributed by atoms with Gasteiger partial charge in [0, 0.05) is 38.6 Å². The molecule has 0 saturated carbocycles. The fraction of sp³-hybridized carbons (Fsp3) is 0.571. The Morgan fingerprint density at radius 2 is 2.15 bits per heavy atom. The molecule has 6 heteroatoms. The van der Waals surface area contributed by atoms with Gasteiger partial charge < -0.3 is 19.9 Å². The van der Waals surface area contributed by atoms with Crippen LogP contribution in [0.25, 0.3) is 5.65 Å². The van der Waals surface area contributed by atoms with Crippen molar-refractivity contribution in [2.75, 3.05) is 37.3 Å². The van der Waals surface area contributed by atoms with E-state index in [9.17, 15) is 0 Å². The smallest absolute Gasteiger partial charge is 0.180 e. The van der Waals surface area contributed by atoms with Crippen molar-refractivity contribution in [2.45, 2.75) is 25.8 Å². The van der Waals surface area contributed by atoms with E-state index < -0.39 is 0 Å². The topological polar surface area (TPSA) is 62.7 Å². The Balaban J connectivity index is 1.85. The molecule has 108 valence electrons. The predicted molar refractivity (Wildman–Crippen MR) is 80.9 cm³/mol. The van der Waals surface area contributed by atoms with Gasteiger partial charge in [0.05, 0.1) is 6.20 Å². The van der Waals surface area contributed by atoms with E-state index in [0.717, 1.165) is 43.9 Å². The molecule has 2 aromatic heterocycles. The molecule has 20 heavy (non-hydrogen) atoms. The summed E-state index contributed by atoms with van der Waals surface area (Å²) in [5.41, 5.74) is 6.77. The molecule has 3 rings (SSSR count). The SMILES string of the molecule is CCN1CCC(N(C)c2nc(N)cn3ccnc23)CC1. The first-order chi connectivity index (χ1) is 9.69. The number of imidazole rings is 1. The summed E-state index contributed by atoms with van der Waals surface area (Å²) in [6, 6.07) is 0.507. The van der Waals surface area contributed by atoms with Crippen LogP contribution in [-0.2, 0) is 0 Å². The number of aromatic nitrogens is 3. The second-order valence-corrected chi connectivity index (χ2v) is 5.42. The molecule has 0 unspecified atom stereocenters. The van der Waals surface area contributed by atoms with Crippen molar-refractivity contribution in [1.29, 1.82) is 0 Å². The number of anilines is 2. The monoisotopic (exact) mass is 274 g/mol. The molecule has 1 aliphatic rings. The fourth-order valence-corrected chi connectivity index (χ4v) is 2.97. The molecule has 0 amide bonds. The molecule has 0 bridgehead atoms. The lowest BCUT2D eigenvalue weighted by Crippen LogP contribution is -2.43. The number of rotatable bonds is 3. The van der Waals surface area contributed by atoms with Crippen molar-refractivity contribution in [3.8, 4) is 0 Å². The Morgan fingerprint density at radius 1 is 1.40 bits per heavy atom. The van der Waals surface area contributed by atoms with Crippen LogP contribution in [0.3, 0.4) is 0 Å². The maximum Gasteiger partial charge on any atom is 0.180 e. The van der Waals surface area contributed by atoms with E-state index in [1.807, 2.05) is 10.6 Å². The van der Waals surface area contributed by atoms with Crippen molar-refractivity contribution in [3.05, 3.63) is 18.6 Å². The van der Waals surface area contributed by atoms with Gasteiger partial charge in [-0.15, -0.1) is 0 Å². The molecule has 2 N–H and O–H groups in total. The Kier molecular flexibility index (Phi) is 3.48.